The molecule has 1 atom stereocenters. The Morgan fingerprint density at radius 3 is 2.40 bits per heavy atom. The second-order valence-electron chi connectivity index (χ2n) is 4.98. The van der Waals surface area contributed by atoms with Crippen LogP contribution in [0.4, 0.5) is 13.2 Å². The highest BCUT2D eigenvalue weighted by atomic mass is 32.1. The zero-order valence-corrected chi connectivity index (χ0v) is 12.5. The predicted octanol–water partition coefficient (Wildman–Crippen LogP) is 1.25. The van der Waals surface area contributed by atoms with Gasteiger partial charge in [-0.15, -0.1) is 0 Å². The first-order chi connectivity index (χ1) is 9.29. The van der Waals surface area contributed by atoms with Crippen LogP contribution in [-0.4, -0.2) is 72.9 Å². The van der Waals surface area contributed by atoms with Crippen LogP contribution in [0.3, 0.4) is 0 Å². The van der Waals surface area contributed by atoms with Gasteiger partial charge < -0.3 is 15.4 Å². The largest absolute Gasteiger partial charge is 0.411 e. The number of nitrogens with zero attached hydrogens (tertiary/aromatic N) is 2. The molecule has 1 saturated heterocycles. The Morgan fingerprint density at radius 1 is 1.30 bits per heavy atom. The SMILES string of the molecule is CC(C(N)=S)N1CCN(CCCOCC(F)(F)F)CC1. The van der Waals surface area contributed by atoms with Crippen LogP contribution in [0.1, 0.15) is 13.3 Å². The maximum Gasteiger partial charge on any atom is 0.411 e. The predicted molar refractivity (Wildman–Crippen MR) is 75.8 cm³/mol. The van der Waals surface area contributed by atoms with E-state index in [1.54, 1.807) is 0 Å². The number of hydrogen-bond acceptors (Lipinski definition) is 4. The molecule has 0 aromatic heterocycles. The third-order valence-electron chi connectivity index (χ3n) is 3.40. The van der Waals surface area contributed by atoms with E-state index in [0.717, 1.165) is 32.7 Å². The fourth-order valence-electron chi connectivity index (χ4n) is 2.13. The van der Waals surface area contributed by atoms with Crippen LogP contribution >= 0.6 is 12.2 Å². The van der Waals surface area contributed by atoms with Gasteiger partial charge >= 0.3 is 6.18 Å². The van der Waals surface area contributed by atoms with Crippen LogP contribution in [0.2, 0.25) is 0 Å². The first kappa shape index (κ1) is 17.6. The number of piperazine rings is 1. The fraction of sp³-hybridized carbons (Fsp3) is 0.917. The Balaban J connectivity index is 2.09. The molecule has 0 saturated carbocycles. The third kappa shape index (κ3) is 6.83. The van der Waals surface area contributed by atoms with Gasteiger partial charge in [0.1, 0.15) is 6.61 Å². The molecule has 1 heterocycles. The molecule has 0 aromatic carbocycles. The average Bonchev–Trinajstić information content (AvgIpc) is 2.37. The molecule has 1 aliphatic rings. The first-order valence-corrected chi connectivity index (χ1v) is 7.10. The highest BCUT2D eigenvalue weighted by molar-refractivity contribution is 7.80. The summed E-state index contributed by atoms with van der Waals surface area (Å²) in [5.74, 6) is 0. The van der Waals surface area contributed by atoms with Gasteiger partial charge in [-0.25, -0.2) is 0 Å². The highest BCUT2D eigenvalue weighted by Crippen LogP contribution is 2.14. The summed E-state index contributed by atoms with van der Waals surface area (Å²) in [5, 5.41) is 0. The molecule has 0 amide bonds. The second kappa shape index (κ2) is 8.11. The van der Waals surface area contributed by atoms with Crippen molar-refractivity contribution < 1.29 is 17.9 Å². The van der Waals surface area contributed by atoms with E-state index < -0.39 is 12.8 Å². The number of hydrogen-bond donors (Lipinski definition) is 1. The van der Waals surface area contributed by atoms with Crippen molar-refractivity contribution in [3.05, 3.63) is 0 Å². The third-order valence-corrected chi connectivity index (χ3v) is 3.74. The average molecular weight is 313 g/mol. The van der Waals surface area contributed by atoms with Crippen molar-refractivity contribution in [1.29, 1.82) is 0 Å². The molecule has 2 N–H and O–H groups in total. The zero-order chi connectivity index (χ0) is 15.2. The summed E-state index contributed by atoms with van der Waals surface area (Å²) in [7, 11) is 0. The maximum absolute atomic E-state index is 11.9. The Morgan fingerprint density at radius 2 is 1.90 bits per heavy atom. The number of nitrogens with two attached hydrogens (primary N) is 1. The van der Waals surface area contributed by atoms with E-state index in [-0.39, 0.29) is 12.6 Å². The van der Waals surface area contributed by atoms with Crippen molar-refractivity contribution in [1.82, 2.24) is 9.80 Å². The maximum atomic E-state index is 11.9. The molecule has 1 unspecified atom stereocenters. The lowest BCUT2D eigenvalue weighted by atomic mass is 10.2. The van der Waals surface area contributed by atoms with Crippen molar-refractivity contribution in [3.63, 3.8) is 0 Å². The molecule has 0 radical (unpaired) electrons. The van der Waals surface area contributed by atoms with E-state index in [4.69, 9.17) is 18.0 Å². The van der Waals surface area contributed by atoms with Crippen LogP contribution in [0.15, 0.2) is 0 Å². The monoisotopic (exact) mass is 313 g/mol. The summed E-state index contributed by atoms with van der Waals surface area (Å²) in [6.45, 7) is 5.24. The standard InChI is InChI=1S/C12H22F3N3OS/c1-10(11(16)20)18-6-4-17(5-7-18)3-2-8-19-9-12(13,14)15/h10H,2-9H2,1H3,(H2,16,20). The van der Waals surface area contributed by atoms with Gasteiger partial charge in [-0.1, -0.05) is 12.2 Å². The van der Waals surface area contributed by atoms with Gasteiger partial charge in [-0.2, -0.15) is 13.2 Å². The van der Waals surface area contributed by atoms with Gasteiger partial charge in [0.05, 0.1) is 11.0 Å². The van der Waals surface area contributed by atoms with Crippen molar-refractivity contribution in [2.45, 2.75) is 25.6 Å². The molecule has 1 rings (SSSR count). The lowest BCUT2D eigenvalue weighted by Gasteiger charge is -2.37. The first-order valence-electron chi connectivity index (χ1n) is 6.70. The number of alkyl halides is 3. The molecule has 0 aliphatic carbocycles. The van der Waals surface area contributed by atoms with E-state index in [0.29, 0.717) is 11.4 Å². The van der Waals surface area contributed by atoms with Gasteiger partial charge in [0, 0.05) is 39.3 Å². The zero-order valence-electron chi connectivity index (χ0n) is 11.7. The number of ether oxygens (including phenoxy) is 1. The molecule has 118 valence electrons. The van der Waals surface area contributed by atoms with E-state index in [1.807, 2.05) is 6.92 Å². The second-order valence-corrected chi connectivity index (χ2v) is 5.45. The summed E-state index contributed by atoms with van der Waals surface area (Å²) in [6.07, 6.45) is -3.62. The van der Waals surface area contributed by atoms with Crippen LogP contribution in [0.25, 0.3) is 0 Å². The molecule has 20 heavy (non-hydrogen) atoms. The minimum Gasteiger partial charge on any atom is -0.392 e. The molecule has 4 nitrogen and oxygen atoms in total. The van der Waals surface area contributed by atoms with Gasteiger partial charge in [0.15, 0.2) is 0 Å². The van der Waals surface area contributed by atoms with E-state index >= 15 is 0 Å². The van der Waals surface area contributed by atoms with Gasteiger partial charge in [0.25, 0.3) is 0 Å². The molecule has 0 bridgehead atoms. The van der Waals surface area contributed by atoms with Crippen molar-refractivity contribution >= 4 is 17.2 Å². The van der Waals surface area contributed by atoms with Gasteiger partial charge in [-0.3, -0.25) is 4.90 Å². The highest BCUT2D eigenvalue weighted by Gasteiger charge is 2.27. The van der Waals surface area contributed by atoms with Crippen LogP contribution < -0.4 is 5.73 Å². The Hall–Kier alpha value is -0.440. The Bertz CT molecular complexity index is 307. The smallest absolute Gasteiger partial charge is 0.392 e. The van der Waals surface area contributed by atoms with Crippen molar-refractivity contribution in [3.8, 4) is 0 Å². The van der Waals surface area contributed by atoms with E-state index in [9.17, 15) is 13.2 Å². The van der Waals surface area contributed by atoms with Crippen molar-refractivity contribution in [2.75, 3.05) is 45.9 Å². The molecule has 0 spiro atoms. The topological polar surface area (TPSA) is 41.7 Å². The normalized spacial score (nSPS) is 20.0. The van der Waals surface area contributed by atoms with E-state index in [1.165, 1.54) is 0 Å². The summed E-state index contributed by atoms with van der Waals surface area (Å²) in [5.41, 5.74) is 5.62. The summed E-state index contributed by atoms with van der Waals surface area (Å²) in [6, 6.07) is 0.0993. The number of thiocarbonyl (C=S) groups is 1. The molecular formula is C12H22F3N3OS. The van der Waals surface area contributed by atoms with Crippen LogP contribution in [0.5, 0.6) is 0 Å². The lowest BCUT2D eigenvalue weighted by molar-refractivity contribution is -0.174. The van der Waals surface area contributed by atoms with Gasteiger partial charge in [0.2, 0.25) is 0 Å². The van der Waals surface area contributed by atoms with Crippen LogP contribution in [-0.2, 0) is 4.74 Å². The fourth-order valence-corrected chi connectivity index (χ4v) is 2.28. The Labute approximate surface area is 123 Å². The minimum atomic E-state index is -4.23. The molecule has 1 aliphatic heterocycles. The summed E-state index contributed by atoms with van der Waals surface area (Å²) in [4.78, 5) is 4.94. The number of halogens is 3. The summed E-state index contributed by atoms with van der Waals surface area (Å²) < 4.78 is 40.2. The molecule has 8 heteroatoms. The Kier molecular flexibility index (Phi) is 7.14. The quantitative estimate of drug-likeness (QED) is 0.566. The summed E-state index contributed by atoms with van der Waals surface area (Å²) >= 11 is 4.97. The van der Waals surface area contributed by atoms with Crippen molar-refractivity contribution in [2.24, 2.45) is 5.73 Å². The molecular weight excluding hydrogens is 291 g/mol. The molecule has 0 aromatic rings. The van der Waals surface area contributed by atoms with E-state index in [2.05, 4.69) is 14.5 Å². The molecule has 1 fully saturated rings. The number of rotatable bonds is 7. The minimum absolute atomic E-state index is 0.0993. The van der Waals surface area contributed by atoms with Gasteiger partial charge in [-0.05, 0) is 13.3 Å². The van der Waals surface area contributed by atoms with Crippen LogP contribution in [0, 0.1) is 0 Å². The lowest BCUT2D eigenvalue weighted by Crippen LogP contribution is -2.52.